The number of ether oxygens (including phenoxy) is 1. The number of aldehydes is 1. The highest BCUT2D eigenvalue weighted by Gasteiger charge is 2.16. The minimum atomic E-state index is -0.686. The summed E-state index contributed by atoms with van der Waals surface area (Å²) in [5.74, 6) is -0.00731. The van der Waals surface area contributed by atoms with E-state index < -0.39 is 11.0 Å². The number of carbonyl (C=O) groups excluding carboxylic acids is 1. The van der Waals surface area contributed by atoms with Crippen LogP contribution < -0.4 is 4.74 Å². The highest BCUT2D eigenvalue weighted by molar-refractivity contribution is 5.76. The van der Waals surface area contributed by atoms with E-state index in [4.69, 9.17) is 4.74 Å². The quantitative estimate of drug-likeness (QED) is 0.462. The third-order valence-corrected chi connectivity index (χ3v) is 2.22. The highest BCUT2D eigenvalue weighted by Crippen LogP contribution is 2.27. The van der Waals surface area contributed by atoms with Gasteiger partial charge in [-0.3, -0.25) is 14.9 Å². The van der Waals surface area contributed by atoms with Crippen LogP contribution in [0.15, 0.2) is 18.2 Å². The van der Waals surface area contributed by atoms with Crippen molar-refractivity contribution in [1.29, 1.82) is 0 Å². The Labute approximate surface area is 98.0 Å². The number of nitro benzene ring substituents is 1. The van der Waals surface area contributed by atoms with Crippen LogP contribution >= 0.6 is 0 Å². The zero-order valence-corrected chi connectivity index (χ0v) is 9.33. The molecule has 17 heavy (non-hydrogen) atoms. The first-order valence-electron chi connectivity index (χ1n) is 5.13. The molecule has 0 radical (unpaired) electrons. The molecule has 0 amide bonds. The van der Waals surface area contributed by atoms with Crippen molar-refractivity contribution in [2.45, 2.75) is 19.4 Å². The van der Waals surface area contributed by atoms with Crippen molar-refractivity contribution in [2.24, 2.45) is 0 Å². The summed E-state index contributed by atoms with van der Waals surface area (Å²) < 4.78 is 5.14. The summed E-state index contributed by atoms with van der Waals surface area (Å²) in [4.78, 5) is 20.7. The van der Waals surface area contributed by atoms with Gasteiger partial charge in [0.1, 0.15) is 12.9 Å². The van der Waals surface area contributed by atoms with Crippen molar-refractivity contribution in [3.05, 3.63) is 33.9 Å². The van der Waals surface area contributed by atoms with Crippen LogP contribution in [0.4, 0.5) is 5.69 Å². The van der Waals surface area contributed by atoms with Crippen LogP contribution in [0.2, 0.25) is 0 Å². The zero-order valence-electron chi connectivity index (χ0n) is 9.33. The van der Waals surface area contributed by atoms with Crippen LogP contribution in [-0.4, -0.2) is 29.0 Å². The maximum atomic E-state index is 10.7. The van der Waals surface area contributed by atoms with E-state index in [9.17, 15) is 20.0 Å². The van der Waals surface area contributed by atoms with E-state index in [1.54, 1.807) is 6.92 Å². The van der Waals surface area contributed by atoms with Gasteiger partial charge in [-0.25, -0.2) is 0 Å². The van der Waals surface area contributed by atoms with Gasteiger partial charge in [-0.2, -0.15) is 0 Å². The van der Waals surface area contributed by atoms with Gasteiger partial charge in [0.25, 0.3) is 0 Å². The minimum absolute atomic E-state index is 0.00731. The first-order chi connectivity index (χ1) is 8.08. The normalized spacial score (nSPS) is 11.9. The molecule has 1 N–H and O–H groups in total. The lowest BCUT2D eigenvalue weighted by Crippen LogP contribution is -2.16. The third-order valence-electron chi connectivity index (χ3n) is 2.22. The van der Waals surface area contributed by atoms with Crippen LogP contribution in [0.3, 0.4) is 0 Å². The number of nitro groups is 1. The Hall–Kier alpha value is -1.95. The fraction of sp³-hybridized carbons (Fsp3) is 0.364. The van der Waals surface area contributed by atoms with Crippen molar-refractivity contribution in [3.8, 4) is 5.75 Å². The minimum Gasteiger partial charge on any atom is -0.484 e. The average molecular weight is 239 g/mol. The topological polar surface area (TPSA) is 89.7 Å². The predicted octanol–water partition coefficient (Wildman–Crippen LogP) is 1.56. The molecule has 6 heteroatoms. The first kappa shape index (κ1) is 13.1. The Morgan fingerprint density at radius 3 is 2.82 bits per heavy atom. The van der Waals surface area contributed by atoms with Gasteiger partial charge in [-0.15, -0.1) is 0 Å². The molecule has 0 aliphatic rings. The number of nitrogens with zero attached hydrogens (tertiary/aromatic N) is 1. The second kappa shape index (κ2) is 5.95. The molecule has 1 aromatic rings. The monoisotopic (exact) mass is 239 g/mol. The molecule has 1 aromatic carbocycles. The average Bonchev–Trinajstić information content (AvgIpc) is 2.35. The van der Waals surface area contributed by atoms with Crippen LogP contribution in [0.25, 0.3) is 0 Å². The van der Waals surface area contributed by atoms with Crippen LogP contribution in [-0.2, 0) is 0 Å². The number of benzene rings is 1. The molecule has 0 aromatic heterocycles. The molecule has 6 nitrogen and oxygen atoms in total. The SMILES string of the molecule is CCC(O)COc1cc(C=O)ccc1[N+](=O)[O-]. The van der Waals surface area contributed by atoms with Crippen molar-refractivity contribution in [1.82, 2.24) is 0 Å². The molecule has 0 spiro atoms. The molecule has 0 heterocycles. The summed E-state index contributed by atoms with van der Waals surface area (Å²) in [7, 11) is 0. The highest BCUT2D eigenvalue weighted by atomic mass is 16.6. The Balaban J connectivity index is 2.93. The molecule has 0 saturated carbocycles. The van der Waals surface area contributed by atoms with Crippen molar-refractivity contribution < 1.29 is 19.6 Å². The van der Waals surface area contributed by atoms with Gasteiger partial charge in [0.2, 0.25) is 0 Å². The molecular weight excluding hydrogens is 226 g/mol. The van der Waals surface area contributed by atoms with E-state index in [2.05, 4.69) is 0 Å². The summed E-state index contributed by atoms with van der Waals surface area (Å²) in [6, 6.07) is 3.83. The fourth-order valence-corrected chi connectivity index (χ4v) is 1.17. The molecule has 0 aliphatic heterocycles. The molecule has 1 rings (SSSR count). The van der Waals surface area contributed by atoms with Crippen LogP contribution in [0.5, 0.6) is 5.75 Å². The Kier molecular flexibility index (Phi) is 4.59. The third kappa shape index (κ3) is 3.53. The lowest BCUT2D eigenvalue weighted by atomic mass is 10.2. The summed E-state index contributed by atoms with van der Waals surface area (Å²) in [5.41, 5.74) is 0.0653. The number of aliphatic hydroxyl groups excluding tert-OH is 1. The fourth-order valence-electron chi connectivity index (χ4n) is 1.17. The zero-order chi connectivity index (χ0) is 12.8. The summed E-state index contributed by atoms with van der Waals surface area (Å²) in [6.45, 7) is 1.73. The molecule has 0 saturated heterocycles. The number of rotatable bonds is 6. The van der Waals surface area contributed by atoms with E-state index in [1.165, 1.54) is 18.2 Å². The number of aliphatic hydroxyl groups is 1. The molecule has 0 aliphatic carbocycles. The maximum absolute atomic E-state index is 10.7. The second-order valence-corrected chi connectivity index (χ2v) is 3.48. The van der Waals surface area contributed by atoms with Gasteiger partial charge < -0.3 is 9.84 Å². The summed E-state index contributed by atoms with van der Waals surface area (Å²) in [5, 5.41) is 20.0. The Morgan fingerprint density at radius 1 is 1.59 bits per heavy atom. The van der Waals surface area contributed by atoms with Gasteiger partial charge in [-0.05, 0) is 18.6 Å². The summed E-state index contributed by atoms with van der Waals surface area (Å²) in [6.07, 6.45) is 0.378. The molecule has 1 atom stereocenters. The molecule has 0 bridgehead atoms. The Bertz CT molecular complexity index is 418. The van der Waals surface area contributed by atoms with Crippen LogP contribution in [0.1, 0.15) is 23.7 Å². The number of hydrogen-bond acceptors (Lipinski definition) is 5. The van der Waals surface area contributed by atoms with E-state index in [0.717, 1.165) is 0 Å². The standard InChI is InChI=1S/C11H13NO5/c1-2-9(14)7-17-11-5-8(6-13)3-4-10(11)12(15)16/h3-6,9,14H,2,7H2,1H3. The predicted molar refractivity (Wildman–Crippen MR) is 60.3 cm³/mol. The van der Waals surface area contributed by atoms with E-state index >= 15 is 0 Å². The van der Waals surface area contributed by atoms with E-state index in [-0.39, 0.29) is 23.6 Å². The van der Waals surface area contributed by atoms with E-state index in [0.29, 0.717) is 12.7 Å². The maximum Gasteiger partial charge on any atom is 0.310 e. The lowest BCUT2D eigenvalue weighted by molar-refractivity contribution is -0.385. The van der Waals surface area contributed by atoms with Gasteiger partial charge >= 0.3 is 5.69 Å². The van der Waals surface area contributed by atoms with E-state index in [1.807, 2.05) is 0 Å². The van der Waals surface area contributed by atoms with Gasteiger partial charge in [-0.1, -0.05) is 6.92 Å². The Morgan fingerprint density at radius 2 is 2.29 bits per heavy atom. The second-order valence-electron chi connectivity index (χ2n) is 3.48. The molecule has 92 valence electrons. The van der Waals surface area contributed by atoms with Gasteiger partial charge in [0.15, 0.2) is 5.75 Å². The van der Waals surface area contributed by atoms with Gasteiger partial charge in [0, 0.05) is 11.6 Å². The molecular formula is C11H13NO5. The summed E-state index contributed by atoms with van der Waals surface area (Å²) >= 11 is 0. The number of hydrogen-bond donors (Lipinski definition) is 1. The first-order valence-corrected chi connectivity index (χ1v) is 5.13. The van der Waals surface area contributed by atoms with Crippen molar-refractivity contribution >= 4 is 12.0 Å². The smallest absolute Gasteiger partial charge is 0.310 e. The van der Waals surface area contributed by atoms with Crippen LogP contribution in [0, 0.1) is 10.1 Å². The molecule has 0 fully saturated rings. The van der Waals surface area contributed by atoms with Gasteiger partial charge in [0.05, 0.1) is 11.0 Å². The largest absolute Gasteiger partial charge is 0.484 e. The van der Waals surface area contributed by atoms with Crippen molar-refractivity contribution in [3.63, 3.8) is 0 Å². The number of carbonyl (C=O) groups is 1. The lowest BCUT2D eigenvalue weighted by Gasteiger charge is -2.10. The molecule has 1 unspecified atom stereocenters. The van der Waals surface area contributed by atoms with Crippen molar-refractivity contribution in [2.75, 3.05) is 6.61 Å².